The van der Waals surface area contributed by atoms with Crippen molar-refractivity contribution in [1.82, 2.24) is 15.2 Å². The largest absolute Gasteiger partial charge is 0.468 e. The number of pyridine rings is 1. The fourth-order valence-electron chi connectivity index (χ4n) is 2.27. The summed E-state index contributed by atoms with van der Waals surface area (Å²) in [5.41, 5.74) is 1.93. The van der Waals surface area contributed by atoms with Crippen LogP contribution in [0, 0.1) is 13.8 Å². The Kier molecular flexibility index (Phi) is 5.16. The topological polar surface area (TPSA) is 70.4 Å². The number of carbonyl (C=O) groups is 1. The third-order valence-electron chi connectivity index (χ3n) is 3.29. The van der Waals surface area contributed by atoms with Crippen molar-refractivity contribution >= 4 is 11.8 Å². The van der Waals surface area contributed by atoms with Crippen molar-refractivity contribution in [3.05, 3.63) is 47.5 Å². The van der Waals surface area contributed by atoms with Crippen LogP contribution in [0.5, 0.6) is 0 Å². The Balaban J connectivity index is 1.94. The number of anilines is 1. The van der Waals surface area contributed by atoms with Crippen LogP contribution in [0.15, 0.2) is 34.9 Å². The standard InChI is InChI=1S/C16H22N4O2/c1-11-8-12(2)18-15(9-11)19-16(21)17-10-13(20(3)4)14-6-5-7-22-14/h5-9,13H,10H2,1-4H3,(H2,17,18,19,21)/t13-/m0/s1. The maximum absolute atomic E-state index is 12.0. The van der Waals surface area contributed by atoms with E-state index < -0.39 is 0 Å². The maximum Gasteiger partial charge on any atom is 0.320 e. The number of rotatable bonds is 5. The van der Waals surface area contributed by atoms with E-state index in [-0.39, 0.29) is 12.1 Å². The second-order valence-corrected chi connectivity index (χ2v) is 5.50. The highest BCUT2D eigenvalue weighted by molar-refractivity contribution is 5.88. The van der Waals surface area contributed by atoms with Gasteiger partial charge in [-0.3, -0.25) is 10.2 Å². The van der Waals surface area contributed by atoms with E-state index in [9.17, 15) is 4.79 Å². The van der Waals surface area contributed by atoms with Crippen LogP contribution in [0.25, 0.3) is 0 Å². The van der Waals surface area contributed by atoms with Gasteiger partial charge in [0.25, 0.3) is 0 Å². The van der Waals surface area contributed by atoms with Crippen LogP contribution in [0.3, 0.4) is 0 Å². The summed E-state index contributed by atoms with van der Waals surface area (Å²) < 4.78 is 5.41. The lowest BCUT2D eigenvalue weighted by molar-refractivity contribution is 0.233. The van der Waals surface area contributed by atoms with E-state index in [1.54, 1.807) is 6.26 Å². The van der Waals surface area contributed by atoms with E-state index in [0.717, 1.165) is 17.0 Å². The summed E-state index contributed by atoms with van der Waals surface area (Å²) >= 11 is 0. The Labute approximate surface area is 130 Å². The minimum atomic E-state index is -0.282. The molecular formula is C16H22N4O2. The summed E-state index contributed by atoms with van der Waals surface area (Å²) in [6.07, 6.45) is 1.63. The molecule has 0 bridgehead atoms. The Morgan fingerprint density at radius 1 is 1.36 bits per heavy atom. The van der Waals surface area contributed by atoms with E-state index in [0.29, 0.717) is 12.4 Å². The SMILES string of the molecule is Cc1cc(C)nc(NC(=O)NC[C@@H](c2ccco2)N(C)C)c1. The van der Waals surface area contributed by atoms with E-state index in [4.69, 9.17) is 4.42 Å². The number of hydrogen-bond acceptors (Lipinski definition) is 4. The second-order valence-electron chi connectivity index (χ2n) is 5.50. The molecule has 2 rings (SSSR count). The predicted octanol–water partition coefficient (Wildman–Crippen LogP) is 2.72. The van der Waals surface area contributed by atoms with Gasteiger partial charge in [-0.05, 0) is 57.8 Å². The summed E-state index contributed by atoms with van der Waals surface area (Å²) in [4.78, 5) is 18.3. The predicted molar refractivity (Wildman–Crippen MR) is 85.9 cm³/mol. The van der Waals surface area contributed by atoms with Crippen LogP contribution >= 0.6 is 0 Å². The average molecular weight is 302 g/mol. The zero-order valence-electron chi connectivity index (χ0n) is 13.4. The van der Waals surface area contributed by atoms with Crippen molar-refractivity contribution in [2.24, 2.45) is 0 Å². The Hall–Kier alpha value is -2.34. The summed E-state index contributed by atoms with van der Waals surface area (Å²) in [7, 11) is 3.89. The van der Waals surface area contributed by atoms with Crippen LogP contribution in [0.4, 0.5) is 10.6 Å². The minimum absolute atomic E-state index is 0.0204. The first-order chi connectivity index (χ1) is 10.5. The number of hydrogen-bond donors (Lipinski definition) is 2. The van der Waals surface area contributed by atoms with Gasteiger partial charge in [-0.15, -0.1) is 0 Å². The van der Waals surface area contributed by atoms with Crippen LogP contribution in [-0.4, -0.2) is 36.6 Å². The highest BCUT2D eigenvalue weighted by atomic mass is 16.3. The third-order valence-corrected chi connectivity index (χ3v) is 3.29. The lowest BCUT2D eigenvalue weighted by atomic mass is 10.2. The van der Waals surface area contributed by atoms with Crippen molar-refractivity contribution in [3.8, 4) is 0 Å². The molecule has 2 aromatic heterocycles. The van der Waals surface area contributed by atoms with Crippen molar-refractivity contribution in [2.45, 2.75) is 19.9 Å². The van der Waals surface area contributed by atoms with Gasteiger partial charge < -0.3 is 9.73 Å². The van der Waals surface area contributed by atoms with Gasteiger partial charge in [0.05, 0.1) is 12.3 Å². The summed E-state index contributed by atoms with van der Waals surface area (Å²) in [5.74, 6) is 1.37. The fraction of sp³-hybridized carbons (Fsp3) is 0.375. The molecular weight excluding hydrogens is 280 g/mol. The van der Waals surface area contributed by atoms with Gasteiger partial charge in [0, 0.05) is 12.2 Å². The lowest BCUT2D eigenvalue weighted by Crippen LogP contribution is -2.36. The first-order valence-corrected chi connectivity index (χ1v) is 7.15. The van der Waals surface area contributed by atoms with Crippen molar-refractivity contribution in [3.63, 3.8) is 0 Å². The average Bonchev–Trinajstić information content (AvgIpc) is 2.91. The molecule has 0 aromatic carbocycles. The maximum atomic E-state index is 12.0. The second kappa shape index (κ2) is 7.09. The molecule has 0 aliphatic carbocycles. The van der Waals surface area contributed by atoms with Gasteiger partial charge in [0.1, 0.15) is 11.6 Å². The molecule has 0 spiro atoms. The molecule has 22 heavy (non-hydrogen) atoms. The molecule has 0 saturated heterocycles. The van der Waals surface area contributed by atoms with E-state index in [2.05, 4.69) is 15.6 Å². The molecule has 1 atom stereocenters. The van der Waals surface area contributed by atoms with Crippen molar-refractivity contribution in [2.75, 3.05) is 26.0 Å². The van der Waals surface area contributed by atoms with Crippen LogP contribution in [-0.2, 0) is 0 Å². The molecule has 118 valence electrons. The Morgan fingerprint density at radius 3 is 2.73 bits per heavy atom. The highest BCUT2D eigenvalue weighted by Gasteiger charge is 2.17. The van der Waals surface area contributed by atoms with Crippen LogP contribution < -0.4 is 10.6 Å². The van der Waals surface area contributed by atoms with Gasteiger partial charge in [-0.1, -0.05) is 0 Å². The molecule has 0 aliphatic rings. The molecule has 2 amide bonds. The quantitative estimate of drug-likeness (QED) is 0.891. The highest BCUT2D eigenvalue weighted by Crippen LogP contribution is 2.17. The molecule has 0 saturated carbocycles. The minimum Gasteiger partial charge on any atom is -0.468 e. The molecule has 6 heteroatoms. The molecule has 2 heterocycles. The number of nitrogens with zero attached hydrogens (tertiary/aromatic N) is 2. The number of amides is 2. The van der Waals surface area contributed by atoms with E-state index in [1.165, 1.54) is 0 Å². The van der Waals surface area contributed by atoms with Gasteiger partial charge in [-0.2, -0.15) is 0 Å². The normalized spacial score (nSPS) is 12.2. The van der Waals surface area contributed by atoms with E-state index >= 15 is 0 Å². The molecule has 0 fully saturated rings. The fourth-order valence-corrected chi connectivity index (χ4v) is 2.27. The van der Waals surface area contributed by atoms with E-state index in [1.807, 2.05) is 57.1 Å². The van der Waals surface area contributed by atoms with Crippen LogP contribution in [0.1, 0.15) is 23.1 Å². The van der Waals surface area contributed by atoms with Crippen molar-refractivity contribution < 1.29 is 9.21 Å². The summed E-state index contributed by atoms with van der Waals surface area (Å²) in [6, 6.07) is 7.23. The molecule has 2 aromatic rings. The number of aromatic nitrogens is 1. The number of urea groups is 1. The first kappa shape index (κ1) is 16.0. The van der Waals surface area contributed by atoms with Gasteiger partial charge in [-0.25, -0.2) is 9.78 Å². The number of furan rings is 1. The Bertz CT molecular complexity index is 603. The zero-order chi connectivity index (χ0) is 16.1. The number of carbonyl (C=O) groups excluding carboxylic acids is 1. The van der Waals surface area contributed by atoms with Gasteiger partial charge in [0.15, 0.2) is 0 Å². The molecule has 6 nitrogen and oxygen atoms in total. The molecule has 0 aliphatic heterocycles. The third kappa shape index (κ3) is 4.33. The molecule has 0 radical (unpaired) electrons. The number of likely N-dealkylation sites (N-methyl/N-ethyl adjacent to an activating group) is 1. The molecule has 0 unspecified atom stereocenters. The number of aryl methyl sites for hydroxylation is 2. The van der Waals surface area contributed by atoms with Crippen LogP contribution in [0.2, 0.25) is 0 Å². The lowest BCUT2D eigenvalue weighted by Gasteiger charge is -2.22. The zero-order valence-corrected chi connectivity index (χ0v) is 13.4. The monoisotopic (exact) mass is 302 g/mol. The smallest absolute Gasteiger partial charge is 0.320 e. The van der Waals surface area contributed by atoms with Gasteiger partial charge in [0.2, 0.25) is 0 Å². The van der Waals surface area contributed by atoms with Crippen molar-refractivity contribution in [1.29, 1.82) is 0 Å². The Morgan fingerprint density at radius 2 is 2.14 bits per heavy atom. The molecule has 2 N–H and O–H groups in total. The number of nitrogens with one attached hydrogen (secondary N) is 2. The van der Waals surface area contributed by atoms with Gasteiger partial charge >= 0.3 is 6.03 Å². The summed E-state index contributed by atoms with van der Waals surface area (Å²) in [5, 5.41) is 5.60. The summed E-state index contributed by atoms with van der Waals surface area (Å²) in [6.45, 7) is 4.31. The first-order valence-electron chi connectivity index (χ1n) is 7.15.